The molecular formula is C19H28N2O2. The van der Waals surface area contributed by atoms with Crippen LogP contribution in [0.3, 0.4) is 0 Å². The van der Waals surface area contributed by atoms with E-state index in [0.717, 1.165) is 57.4 Å². The maximum atomic E-state index is 12.3. The van der Waals surface area contributed by atoms with Crippen LogP contribution in [0.15, 0.2) is 24.3 Å². The lowest BCUT2D eigenvalue weighted by Gasteiger charge is -2.47. The predicted molar refractivity (Wildman–Crippen MR) is 91.1 cm³/mol. The van der Waals surface area contributed by atoms with Gasteiger partial charge in [-0.05, 0) is 31.2 Å². The number of aromatic hydroxyl groups is 1. The lowest BCUT2D eigenvalue weighted by Crippen LogP contribution is -2.55. The van der Waals surface area contributed by atoms with Gasteiger partial charge in [0.15, 0.2) is 0 Å². The van der Waals surface area contributed by atoms with Gasteiger partial charge in [0.05, 0.1) is 0 Å². The van der Waals surface area contributed by atoms with Gasteiger partial charge in [-0.3, -0.25) is 9.69 Å². The standard InChI is InChI=1S/C19H28N2O2/c1-2-3-11-21-17-10-12-20(13-15(17)8-9-19(21)23)14-16-6-4-5-7-18(16)22/h4-7,15,17,22H,2-3,8-14H2,1H3/t15-,17+/m0/s1. The van der Waals surface area contributed by atoms with Crippen molar-refractivity contribution >= 4 is 5.91 Å². The van der Waals surface area contributed by atoms with Gasteiger partial charge >= 0.3 is 0 Å². The van der Waals surface area contributed by atoms with Gasteiger partial charge in [-0.15, -0.1) is 0 Å². The van der Waals surface area contributed by atoms with E-state index in [1.807, 2.05) is 18.2 Å². The number of piperidine rings is 2. The number of unbranched alkanes of at least 4 members (excludes halogenated alkanes) is 1. The van der Waals surface area contributed by atoms with Crippen LogP contribution >= 0.6 is 0 Å². The Kier molecular flexibility index (Phi) is 5.21. The zero-order valence-corrected chi connectivity index (χ0v) is 14.1. The van der Waals surface area contributed by atoms with Crippen LogP contribution in [0.25, 0.3) is 0 Å². The number of likely N-dealkylation sites (tertiary alicyclic amines) is 2. The quantitative estimate of drug-likeness (QED) is 0.908. The van der Waals surface area contributed by atoms with Crippen molar-refractivity contribution in [2.45, 2.75) is 51.6 Å². The molecule has 4 nitrogen and oxygen atoms in total. The largest absolute Gasteiger partial charge is 0.508 e. The second kappa shape index (κ2) is 7.35. The Hall–Kier alpha value is -1.55. The summed E-state index contributed by atoms with van der Waals surface area (Å²) in [5.74, 6) is 1.33. The Bertz CT molecular complexity index is 546. The van der Waals surface area contributed by atoms with E-state index in [1.165, 1.54) is 0 Å². The molecule has 1 aromatic carbocycles. The summed E-state index contributed by atoms with van der Waals surface area (Å²) in [6, 6.07) is 8.04. The molecule has 0 radical (unpaired) electrons. The zero-order valence-electron chi connectivity index (χ0n) is 14.1. The molecule has 0 aliphatic carbocycles. The van der Waals surface area contributed by atoms with E-state index >= 15 is 0 Å². The van der Waals surface area contributed by atoms with Gasteiger partial charge in [0.25, 0.3) is 0 Å². The van der Waals surface area contributed by atoms with Crippen LogP contribution in [0.2, 0.25) is 0 Å². The molecule has 1 N–H and O–H groups in total. The summed E-state index contributed by atoms with van der Waals surface area (Å²) in [6.45, 7) is 5.95. The predicted octanol–water partition coefficient (Wildman–Crippen LogP) is 3.01. The lowest BCUT2D eigenvalue weighted by molar-refractivity contribution is -0.141. The molecule has 2 saturated heterocycles. The number of rotatable bonds is 5. The first-order chi connectivity index (χ1) is 11.2. The van der Waals surface area contributed by atoms with Crippen LogP contribution < -0.4 is 0 Å². The van der Waals surface area contributed by atoms with Crippen molar-refractivity contribution in [2.75, 3.05) is 19.6 Å². The number of fused-ring (bicyclic) bond motifs is 1. The minimum Gasteiger partial charge on any atom is -0.508 e. The smallest absolute Gasteiger partial charge is 0.222 e. The number of phenolic OH excluding ortho intramolecular Hbond substituents is 1. The first kappa shape index (κ1) is 16.3. The minimum absolute atomic E-state index is 0.355. The molecule has 3 rings (SSSR count). The van der Waals surface area contributed by atoms with E-state index in [1.54, 1.807) is 6.07 Å². The van der Waals surface area contributed by atoms with Gasteiger partial charge in [-0.1, -0.05) is 31.5 Å². The number of hydrogen-bond acceptors (Lipinski definition) is 3. The molecule has 23 heavy (non-hydrogen) atoms. The molecule has 0 aromatic heterocycles. The van der Waals surface area contributed by atoms with Gasteiger partial charge in [0, 0.05) is 44.2 Å². The molecule has 2 aliphatic heterocycles. The molecule has 2 atom stereocenters. The highest BCUT2D eigenvalue weighted by atomic mass is 16.3. The summed E-state index contributed by atoms with van der Waals surface area (Å²) in [7, 11) is 0. The fourth-order valence-corrected chi connectivity index (χ4v) is 4.07. The van der Waals surface area contributed by atoms with Gasteiger partial charge in [-0.25, -0.2) is 0 Å². The van der Waals surface area contributed by atoms with E-state index in [0.29, 0.717) is 30.0 Å². The fraction of sp³-hybridized carbons (Fsp3) is 0.632. The molecule has 0 saturated carbocycles. The zero-order chi connectivity index (χ0) is 16.2. The van der Waals surface area contributed by atoms with E-state index < -0.39 is 0 Å². The summed E-state index contributed by atoms with van der Waals surface area (Å²) in [6.07, 6.45) is 5.03. The SMILES string of the molecule is CCCCN1C(=O)CC[C@H]2CN(Cc3ccccc3O)CC[C@H]21. The summed E-state index contributed by atoms with van der Waals surface area (Å²) in [5.41, 5.74) is 1.00. The van der Waals surface area contributed by atoms with Gasteiger partial charge in [0.2, 0.25) is 5.91 Å². The second-order valence-electron chi connectivity index (χ2n) is 6.96. The molecule has 1 amide bonds. The fourth-order valence-electron chi connectivity index (χ4n) is 4.07. The highest BCUT2D eigenvalue weighted by Crippen LogP contribution is 2.32. The Balaban J connectivity index is 1.62. The monoisotopic (exact) mass is 316 g/mol. The number of para-hydroxylation sites is 1. The third kappa shape index (κ3) is 3.69. The highest BCUT2D eigenvalue weighted by Gasteiger charge is 2.38. The van der Waals surface area contributed by atoms with E-state index in [9.17, 15) is 9.90 Å². The third-order valence-electron chi connectivity index (χ3n) is 5.37. The molecule has 4 heteroatoms. The van der Waals surface area contributed by atoms with E-state index in [2.05, 4.69) is 16.7 Å². The van der Waals surface area contributed by atoms with E-state index in [-0.39, 0.29) is 0 Å². The van der Waals surface area contributed by atoms with Crippen LogP contribution in [0, 0.1) is 5.92 Å². The third-order valence-corrected chi connectivity index (χ3v) is 5.37. The van der Waals surface area contributed by atoms with E-state index in [4.69, 9.17) is 0 Å². The van der Waals surface area contributed by atoms with Crippen molar-refractivity contribution < 1.29 is 9.90 Å². The maximum Gasteiger partial charge on any atom is 0.222 e. The van der Waals surface area contributed by atoms with Crippen molar-refractivity contribution in [2.24, 2.45) is 5.92 Å². The number of amides is 1. The number of hydrogen-bond donors (Lipinski definition) is 1. The summed E-state index contributed by atoms with van der Waals surface area (Å²) in [5, 5.41) is 9.97. The van der Waals surface area contributed by atoms with Crippen LogP contribution in [-0.4, -0.2) is 46.5 Å². The van der Waals surface area contributed by atoms with Gasteiger partial charge in [-0.2, -0.15) is 0 Å². The molecule has 0 unspecified atom stereocenters. The highest BCUT2D eigenvalue weighted by molar-refractivity contribution is 5.77. The molecule has 2 aliphatic rings. The average Bonchev–Trinajstić information content (AvgIpc) is 2.56. The molecule has 126 valence electrons. The molecule has 0 spiro atoms. The summed E-state index contributed by atoms with van der Waals surface area (Å²) in [4.78, 5) is 16.8. The first-order valence-corrected chi connectivity index (χ1v) is 8.97. The van der Waals surface area contributed by atoms with Crippen LogP contribution in [0.1, 0.15) is 44.6 Å². The van der Waals surface area contributed by atoms with Crippen LogP contribution in [0.4, 0.5) is 0 Å². The van der Waals surface area contributed by atoms with Crippen molar-refractivity contribution in [1.29, 1.82) is 0 Å². The Morgan fingerprint density at radius 2 is 2.09 bits per heavy atom. The maximum absolute atomic E-state index is 12.3. The molecule has 2 heterocycles. The second-order valence-corrected chi connectivity index (χ2v) is 6.96. The van der Waals surface area contributed by atoms with Crippen LogP contribution in [-0.2, 0) is 11.3 Å². The average molecular weight is 316 g/mol. The number of carbonyl (C=O) groups is 1. The molecular weight excluding hydrogens is 288 g/mol. The number of benzene rings is 1. The Morgan fingerprint density at radius 1 is 1.26 bits per heavy atom. The number of nitrogens with zero attached hydrogens (tertiary/aromatic N) is 2. The normalized spacial score (nSPS) is 25.4. The Morgan fingerprint density at radius 3 is 2.87 bits per heavy atom. The van der Waals surface area contributed by atoms with Crippen molar-refractivity contribution in [3.05, 3.63) is 29.8 Å². The summed E-state index contributed by atoms with van der Waals surface area (Å²) >= 11 is 0. The summed E-state index contributed by atoms with van der Waals surface area (Å²) < 4.78 is 0. The minimum atomic E-state index is 0.355. The first-order valence-electron chi connectivity index (χ1n) is 8.97. The van der Waals surface area contributed by atoms with Crippen molar-refractivity contribution in [1.82, 2.24) is 9.80 Å². The van der Waals surface area contributed by atoms with Gasteiger partial charge in [0.1, 0.15) is 5.75 Å². The number of phenols is 1. The Labute approximate surface area is 139 Å². The van der Waals surface area contributed by atoms with Crippen molar-refractivity contribution in [3.63, 3.8) is 0 Å². The van der Waals surface area contributed by atoms with Crippen molar-refractivity contribution in [3.8, 4) is 5.75 Å². The molecule has 0 bridgehead atoms. The molecule has 1 aromatic rings. The topological polar surface area (TPSA) is 43.8 Å². The number of carbonyl (C=O) groups excluding carboxylic acids is 1. The lowest BCUT2D eigenvalue weighted by atomic mass is 9.83. The van der Waals surface area contributed by atoms with Crippen LogP contribution in [0.5, 0.6) is 5.75 Å². The molecule has 2 fully saturated rings. The van der Waals surface area contributed by atoms with Gasteiger partial charge < -0.3 is 10.0 Å².